The van der Waals surface area contributed by atoms with Crippen molar-refractivity contribution >= 4 is 11.7 Å². The van der Waals surface area contributed by atoms with Crippen LogP contribution >= 0.6 is 0 Å². The molecule has 0 spiro atoms. The molecular formula is C17H22N4O2. The zero-order valence-corrected chi connectivity index (χ0v) is 13.7. The number of ether oxygens (including phenoxy) is 1. The van der Waals surface area contributed by atoms with Crippen LogP contribution in [0.4, 0.5) is 5.82 Å². The van der Waals surface area contributed by atoms with E-state index in [2.05, 4.69) is 34.7 Å². The number of nitrogens with zero attached hydrogens (tertiary/aromatic N) is 2. The number of nitrogens with one attached hydrogen (secondary N) is 2. The highest BCUT2D eigenvalue weighted by atomic mass is 16.5. The van der Waals surface area contributed by atoms with E-state index >= 15 is 0 Å². The zero-order valence-electron chi connectivity index (χ0n) is 13.7. The lowest BCUT2D eigenvalue weighted by atomic mass is 10.2. The lowest BCUT2D eigenvalue weighted by Crippen LogP contribution is -2.24. The number of methoxy groups -OCH3 is 1. The molecule has 0 radical (unpaired) electrons. The molecule has 0 aliphatic carbocycles. The van der Waals surface area contributed by atoms with Crippen molar-refractivity contribution < 1.29 is 9.53 Å². The van der Waals surface area contributed by atoms with E-state index < -0.39 is 0 Å². The SMILES string of the molecule is COc1ccccc1CNC(=O)c1ccc(NCC(C)C)nn1. The monoisotopic (exact) mass is 314 g/mol. The first kappa shape index (κ1) is 16.7. The third kappa shape index (κ3) is 4.95. The number of carbonyl (C=O) groups excluding carboxylic acids is 1. The Hall–Kier alpha value is -2.63. The number of hydrogen-bond acceptors (Lipinski definition) is 5. The molecule has 1 aromatic carbocycles. The maximum absolute atomic E-state index is 12.1. The molecule has 0 aliphatic rings. The quantitative estimate of drug-likeness (QED) is 0.821. The average molecular weight is 314 g/mol. The Balaban J connectivity index is 1.93. The molecule has 1 heterocycles. The number of rotatable bonds is 7. The van der Waals surface area contributed by atoms with Crippen LogP contribution in [0.2, 0.25) is 0 Å². The van der Waals surface area contributed by atoms with Gasteiger partial charge in [0.1, 0.15) is 11.6 Å². The van der Waals surface area contributed by atoms with E-state index in [0.717, 1.165) is 17.9 Å². The maximum Gasteiger partial charge on any atom is 0.272 e. The Morgan fingerprint density at radius 1 is 1.17 bits per heavy atom. The van der Waals surface area contributed by atoms with Gasteiger partial charge in [-0.25, -0.2) is 0 Å². The fraction of sp³-hybridized carbons (Fsp3) is 0.353. The fourth-order valence-corrected chi connectivity index (χ4v) is 1.97. The summed E-state index contributed by atoms with van der Waals surface area (Å²) in [4.78, 5) is 12.1. The van der Waals surface area contributed by atoms with Crippen LogP contribution < -0.4 is 15.4 Å². The number of hydrogen-bond donors (Lipinski definition) is 2. The molecule has 6 heteroatoms. The number of benzene rings is 1. The first-order chi connectivity index (χ1) is 11.1. The minimum Gasteiger partial charge on any atom is -0.496 e. The van der Waals surface area contributed by atoms with E-state index in [0.29, 0.717) is 18.3 Å². The first-order valence-electron chi connectivity index (χ1n) is 7.58. The third-order valence-electron chi connectivity index (χ3n) is 3.22. The van der Waals surface area contributed by atoms with Crippen molar-refractivity contribution in [1.82, 2.24) is 15.5 Å². The molecule has 0 saturated carbocycles. The molecule has 0 fully saturated rings. The van der Waals surface area contributed by atoms with Crippen molar-refractivity contribution in [2.45, 2.75) is 20.4 Å². The Morgan fingerprint density at radius 2 is 1.96 bits per heavy atom. The summed E-state index contributed by atoms with van der Waals surface area (Å²) in [5.74, 6) is 1.66. The number of carbonyl (C=O) groups is 1. The summed E-state index contributed by atoms with van der Waals surface area (Å²) in [6, 6.07) is 11.0. The van der Waals surface area contributed by atoms with Crippen molar-refractivity contribution in [3.05, 3.63) is 47.7 Å². The molecule has 6 nitrogen and oxygen atoms in total. The number of anilines is 1. The molecule has 1 amide bonds. The van der Waals surface area contributed by atoms with Gasteiger partial charge in [-0.1, -0.05) is 32.0 Å². The van der Waals surface area contributed by atoms with Crippen LogP contribution in [0.3, 0.4) is 0 Å². The smallest absolute Gasteiger partial charge is 0.272 e. The van der Waals surface area contributed by atoms with Gasteiger partial charge in [-0.05, 0) is 24.1 Å². The Labute approximate surface area is 136 Å². The van der Waals surface area contributed by atoms with Gasteiger partial charge in [0.15, 0.2) is 5.69 Å². The molecule has 0 bridgehead atoms. The molecule has 122 valence electrons. The van der Waals surface area contributed by atoms with Crippen molar-refractivity contribution in [3.63, 3.8) is 0 Å². The second kappa shape index (κ2) is 8.12. The van der Waals surface area contributed by atoms with Crippen LogP contribution in [0, 0.1) is 5.92 Å². The minimum absolute atomic E-state index is 0.265. The summed E-state index contributed by atoms with van der Waals surface area (Å²) in [5, 5.41) is 13.9. The van der Waals surface area contributed by atoms with E-state index in [1.165, 1.54) is 0 Å². The molecule has 0 unspecified atom stereocenters. The lowest BCUT2D eigenvalue weighted by molar-refractivity contribution is 0.0944. The summed E-state index contributed by atoms with van der Waals surface area (Å²) in [6.45, 7) is 5.41. The average Bonchev–Trinajstić information content (AvgIpc) is 2.58. The largest absolute Gasteiger partial charge is 0.496 e. The summed E-state index contributed by atoms with van der Waals surface area (Å²) >= 11 is 0. The van der Waals surface area contributed by atoms with Crippen LogP contribution in [0.5, 0.6) is 5.75 Å². The number of amides is 1. The summed E-state index contributed by atoms with van der Waals surface area (Å²) in [6.07, 6.45) is 0. The Morgan fingerprint density at radius 3 is 2.61 bits per heavy atom. The second-order valence-electron chi connectivity index (χ2n) is 5.57. The first-order valence-corrected chi connectivity index (χ1v) is 7.58. The predicted octanol–water partition coefficient (Wildman–Crippen LogP) is 2.48. The fourth-order valence-electron chi connectivity index (χ4n) is 1.97. The van der Waals surface area contributed by atoms with Gasteiger partial charge < -0.3 is 15.4 Å². The molecule has 0 aliphatic heterocycles. The van der Waals surface area contributed by atoms with Gasteiger partial charge >= 0.3 is 0 Å². The van der Waals surface area contributed by atoms with Crippen molar-refractivity contribution in [3.8, 4) is 5.75 Å². The molecule has 2 N–H and O–H groups in total. The zero-order chi connectivity index (χ0) is 16.7. The molecule has 0 atom stereocenters. The van der Waals surface area contributed by atoms with E-state index in [1.54, 1.807) is 19.2 Å². The maximum atomic E-state index is 12.1. The van der Waals surface area contributed by atoms with E-state index in [4.69, 9.17) is 4.74 Å². The minimum atomic E-state index is -0.265. The molecule has 0 saturated heterocycles. The van der Waals surface area contributed by atoms with Gasteiger partial charge in [-0.2, -0.15) is 0 Å². The molecule has 23 heavy (non-hydrogen) atoms. The van der Waals surface area contributed by atoms with Gasteiger partial charge in [0, 0.05) is 18.7 Å². The van der Waals surface area contributed by atoms with Crippen LogP contribution in [0.1, 0.15) is 29.9 Å². The van der Waals surface area contributed by atoms with Gasteiger partial charge in [0.2, 0.25) is 0 Å². The van der Waals surface area contributed by atoms with Gasteiger partial charge in [-0.15, -0.1) is 10.2 Å². The second-order valence-corrected chi connectivity index (χ2v) is 5.57. The van der Waals surface area contributed by atoms with Crippen LogP contribution in [-0.4, -0.2) is 29.8 Å². The van der Waals surface area contributed by atoms with E-state index in [-0.39, 0.29) is 11.6 Å². The molecule has 1 aromatic heterocycles. The van der Waals surface area contributed by atoms with Crippen LogP contribution in [0.25, 0.3) is 0 Å². The van der Waals surface area contributed by atoms with Crippen LogP contribution in [0.15, 0.2) is 36.4 Å². The predicted molar refractivity (Wildman–Crippen MR) is 89.5 cm³/mol. The molecular weight excluding hydrogens is 292 g/mol. The van der Waals surface area contributed by atoms with Gasteiger partial charge in [0.05, 0.1) is 7.11 Å². The van der Waals surface area contributed by atoms with Gasteiger partial charge in [-0.3, -0.25) is 4.79 Å². The van der Waals surface area contributed by atoms with E-state index in [1.807, 2.05) is 24.3 Å². The number of para-hydroxylation sites is 1. The van der Waals surface area contributed by atoms with Gasteiger partial charge in [0.25, 0.3) is 5.91 Å². The van der Waals surface area contributed by atoms with Crippen molar-refractivity contribution in [2.75, 3.05) is 19.0 Å². The summed E-state index contributed by atoms with van der Waals surface area (Å²) in [7, 11) is 1.61. The van der Waals surface area contributed by atoms with E-state index in [9.17, 15) is 4.79 Å². The normalized spacial score (nSPS) is 10.4. The summed E-state index contributed by atoms with van der Waals surface area (Å²) in [5.41, 5.74) is 1.20. The Kier molecular flexibility index (Phi) is 5.91. The molecule has 2 aromatic rings. The topological polar surface area (TPSA) is 76.1 Å². The van der Waals surface area contributed by atoms with Crippen LogP contribution in [-0.2, 0) is 6.54 Å². The highest BCUT2D eigenvalue weighted by Gasteiger charge is 2.09. The Bertz CT molecular complexity index is 641. The molecule has 2 rings (SSSR count). The number of aromatic nitrogens is 2. The van der Waals surface area contributed by atoms with Crippen molar-refractivity contribution in [1.29, 1.82) is 0 Å². The van der Waals surface area contributed by atoms with Crippen molar-refractivity contribution in [2.24, 2.45) is 5.92 Å². The lowest BCUT2D eigenvalue weighted by Gasteiger charge is -2.10. The summed E-state index contributed by atoms with van der Waals surface area (Å²) < 4.78 is 5.26. The highest BCUT2D eigenvalue weighted by Crippen LogP contribution is 2.16. The standard InChI is InChI=1S/C17H22N4O2/c1-12(2)10-18-16-9-8-14(20-21-16)17(22)19-11-13-6-4-5-7-15(13)23-3/h4-9,12H,10-11H2,1-3H3,(H,18,21)(H,19,22). The highest BCUT2D eigenvalue weighted by molar-refractivity contribution is 5.92. The third-order valence-corrected chi connectivity index (χ3v) is 3.22.